The predicted octanol–water partition coefficient (Wildman–Crippen LogP) is -0.475. The molecule has 0 N–H and O–H groups in total. The van der Waals surface area contributed by atoms with E-state index in [9.17, 15) is 0 Å². The molecule has 0 radical (unpaired) electrons. The molecule has 0 aliphatic carbocycles. The molecule has 0 amide bonds. The SMILES string of the molecule is N#CC(C#N)C#N.[LiH]. The van der Waals surface area contributed by atoms with Crippen molar-refractivity contribution in [2.45, 2.75) is 0 Å². The van der Waals surface area contributed by atoms with Crippen LogP contribution in [0.2, 0.25) is 0 Å². The van der Waals surface area contributed by atoms with Gasteiger partial charge in [-0.2, -0.15) is 15.8 Å². The first kappa shape index (κ1) is 10.1. The van der Waals surface area contributed by atoms with Gasteiger partial charge in [0, 0.05) is 0 Å². The average molecular weight is 99.0 g/mol. The molecule has 0 rings (SSSR count). The molecule has 3 nitrogen and oxygen atoms in total. The van der Waals surface area contributed by atoms with E-state index in [2.05, 4.69) is 0 Å². The second-order valence-corrected chi connectivity index (χ2v) is 0.820. The van der Waals surface area contributed by atoms with Gasteiger partial charge in [-0.1, -0.05) is 0 Å². The van der Waals surface area contributed by atoms with Gasteiger partial charge in [0.05, 0.1) is 18.2 Å². The summed E-state index contributed by atoms with van der Waals surface area (Å²) in [6, 6.07) is 4.44. The summed E-state index contributed by atoms with van der Waals surface area (Å²) in [5.41, 5.74) is 0. The van der Waals surface area contributed by atoms with E-state index in [-0.39, 0.29) is 18.9 Å². The Balaban J connectivity index is 0. The van der Waals surface area contributed by atoms with Gasteiger partial charge >= 0.3 is 18.9 Å². The monoisotopic (exact) mass is 99.0 g/mol. The van der Waals surface area contributed by atoms with Crippen LogP contribution in [0.25, 0.3) is 0 Å². The molecule has 0 aliphatic rings. The van der Waals surface area contributed by atoms with E-state index >= 15 is 0 Å². The summed E-state index contributed by atoms with van der Waals surface area (Å²) in [6.07, 6.45) is 0. The van der Waals surface area contributed by atoms with Crippen molar-refractivity contribution in [3.05, 3.63) is 0 Å². The van der Waals surface area contributed by atoms with Gasteiger partial charge in [0.15, 0.2) is 0 Å². The third kappa shape index (κ3) is 3.26. The minimum absolute atomic E-state index is 0. The number of nitrogens with zero attached hydrogens (tertiary/aromatic N) is 3. The predicted molar refractivity (Wildman–Crippen MR) is 27.5 cm³/mol. The Morgan fingerprint density at radius 1 is 0.875 bits per heavy atom. The molecule has 0 aliphatic heterocycles. The van der Waals surface area contributed by atoms with E-state index in [1.165, 1.54) is 18.2 Å². The van der Waals surface area contributed by atoms with Crippen molar-refractivity contribution in [1.82, 2.24) is 0 Å². The van der Waals surface area contributed by atoms with Crippen LogP contribution in [-0.2, 0) is 0 Å². The van der Waals surface area contributed by atoms with E-state index in [0.717, 1.165) is 0 Å². The van der Waals surface area contributed by atoms with Crippen LogP contribution in [0.15, 0.2) is 0 Å². The van der Waals surface area contributed by atoms with E-state index in [1.807, 2.05) is 0 Å². The van der Waals surface area contributed by atoms with Crippen molar-refractivity contribution in [3.63, 3.8) is 0 Å². The third-order valence-corrected chi connectivity index (χ3v) is 0.387. The Kier molecular flexibility index (Phi) is 7.68. The van der Waals surface area contributed by atoms with Crippen LogP contribution in [0.1, 0.15) is 0 Å². The number of nitriles is 3. The number of hydrogen-bond donors (Lipinski definition) is 0. The Morgan fingerprint density at radius 2 is 1.12 bits per heavy atom. The fourth-order valence-corrected chi connectivity index (χ4v) is 0.0866. The zero-order valence-corrected chi connectivity index (χ0v) is 3.42. The Morgan fingerprint density at radius 3 is 1.12 bits per heavy atom. The standard InChI is InChI=1S/C4HN3.Li.H/c5-1-4(2-6)3-7;;/h4H;;. The summed E-state index contributed by atoms with van der Waals surface area (Å²) >= 11 is 0. The molecule has 0 aromatic heterocycles. The molecule has 0 spiro atoms. The van der Waals surface area contributed by atoms with Gasteiger partial charge < -0.3 is 0 Å². The van der Waals surface area contributed by atoms with E-state index in [0.29, 0.717) is 0 Å². The number of hydrogen-bond acceptors (Lipinski definition) is 3. The van der Waals surface area contributed by atoms with Crippen LogP contribution < -0.4 is 0 Å². The van der Waals surface area contributed by atoms with Gasteiger partial charge in [0.1, 0.15) is 0 Å². The topological polar surface area (TPSA) is 71.4 Å². The molecule has 0 heterocycles. The Bertz CT molecular complexity index is 134. The molecule has 0 unspecified atom stereocenters. The van der Waals surface area contributed by atoms with Crippen LogP contribution in [0, 0.1) is 39.9 Å². The zero-order valence-electron chi connectivity index (χ0n) is 3.42. The summed E-state index contributed by atoms with van der Waals surface area (Å²) < 4.78 is 0. The van der Waals surface area contributed by atoms with Gasteiger partial charge in [-0.25, -0.2) is 0 Å². The van der Waals surface area contributed by atoms with Crippen molar-refractivity contribution in [2.24, 2.45) is 5.92 Å². The summed E-state index contributed by atoms with van der Waals surface area (Å²) in [5, 5.41) is 23.5. The molecule has 0 aromatic carbocycles. The van der Waals surface area contributed by atoms with Gasteiger partial charge in [-0.05, 0) is 0 Å². The summed E-state index contributed by atoms with van der Waals surface area (Å²) in [7, 11) is 0. The second kappa shape index (κ2) is 6.07. The molecule has 8 heavy (non-hydrogen) atoms. The molecule has 0 fully saturated rings. The number of rotatable bonds is 0. The van der Waals surface area contributed by atoms with Gasteiger partial charge in [-0.15, -0.1) is 0 Å². The molecule has 0 bridgehead atoms. The van der Waals surface area contributed by atoms with Crippen molar-refractivity contribution in [3.8, 4) is 18.2 Å². The maximum atomic E-state index is 7.83. The second-order valence-electron chi connectivity index (χ2n) is 0.820. The minimum atomic E-state index is -1.10. The molecule has 0 aromatic rings. The molecule has 0 saturated heterocycles. The maximum absolute atomic E-state index is 7.83. The molecular formula is C4H2LiN3. The summed E-state index contributed by atoms with van der Waals surface area (Å²) in [6.45, 7) is 0. The van der Waals surface area contributed by atoms with E-state index in [1.54, 1.807) is 0 Å². The Labute approximate surface area is 59.3 Å². The van der Waals surface area contributed by atoms with E-state index < -0.39 is 5.92 Å². The van der Waals surface area contributed by atoms with Crippen LogP contribution in [0.4, 0.5) is 0 Å². The fraction of sp³-hybridized carbons (Fsp3) is 0.250. The van der Waals surface area contributed by atoms with Crippen molar-refractivity contribution >= 4 is 18.9 Å². The first-order valence-corrected chi connectivity index (χ1v) is 1.54. The summed E-state index contributed by atoms with van der Waals surface area (Å²) in [4.78, 5) is 0. The molecule has 0 atom stereocenters. The fourth-order valence-electron chi connectivity index (χ4n) is 0.0866. The van der Waals surface area contributed by atoms with Crippen molar-refractivity contribution < 1.29 is 0 Å². The first-order valence-electron chi connectivity index (χ1n) is 1.54. The Hall–Kier alpha value is -0.933. The van der Waals surface area contributed by atoms with Crippen LogP contribution in [-0.4, -0.2) is 18.9 Å². The zero-order chi connectivity index (χ0) is 5.70. The van der Waals surface area contributed by atoms with Crippen LogP contribution >= 0.6 is 0 Å². The quantitative estimate of drug-likeness (QED) is 0.385. The van der Waals surface area contributed by atoms with Crippen molar-refractivity contribution in [2.75, 3.05) is 0 Å². The normalized spacial score (nSPS) is 5.25. The van der Waals surface area contributed by atoms with E-state index in [4.69, 9.17) is 15.8 Å². The average Bonchev–Trinajstić information content (AvgIpc) is 1.72. The molecule has 4 heteroatoms. The van der Waals surface area contributed by atoms with Crippen LogP contribution in [0.5, 0.6) is 0 Å². The van der Waals surface area contributed by atoms with Gasteiger partial charge in [-0.3, -0.25) is 0 Å². The van der Waals surface area contributed by atoms with Crippen molar-refractivity contribution in [1.29, 1.82) is 15.8 Å². The molecular weight excluding hydrogens is 97.0 g/mol. The molecule has 34 valence electrons. The first-order chi connectivity index (χ1) is 3.35. The third-order valence-electron chi connectivity index (χ3n) is 0.387. The molecule has 0 saturated carbocycles. The van der Waals surface area contributed by atoms with Gasteiger partial charge in [0.2, 0.25) is 5.92 Å². The summed E-state index contributed by atoms with van der Waals surface area (Å²) in [5.74, 6) is -1.10. The van der Waals surface area contributed by atoms with Gasteiger partial charge in [0.25, 0.3) is 0 Å². The van der Waals surface area contributed by atoms with Crippen LogP contribution in [0.3, 0.4) is 0 Å².